The van der Waals surface area contributed by atoms with Gasteiger partial charge in [-0.15, -0.1) is 0 Å². The fourth-order valence-corrected chi connectivity index (χ4v) is 5.23. The molecule has 0 unspecified atom stereocenters. The average molecular weight is 496 g/mol. The smallest absolute Gasteiger partial charge is 0.244 e. The predicted octanol–water partition coefficient (Wildman–Crippen LogP) is 5.16. The van der Waals surface area contributed by atoms with Crippen molar-refractivity contribution >= 4 is 28.9 Å². The molecule has 4 aromatic rings. The predicted molar refractivity (Wildman–Crippen MR) is 147 cm³/mol. The van der Waals surface area contributed by atoms with Gasteiger partial charge in [-0.25, -0.2) is 0 Å². The second-order valence-electron chi connectivity index (χ2n) is 9.07. The van der Waals surface area contributed by atoms with E-state index in [2.05, 4.69) is 64.4 Å². The summed E-state index contributed by atoms with van der Waals surface area (Å²) >= 11 is 5.77. The molecule has 3 heterocycles. The average Bonchev–Trinajstić information content (AvgIpc) is 3.36. The van der Waals surface area contributed by atoms with E-state index in [9.17, 15) is 4.79 Å². The molecule has 1 fully saturated rings. The Morgan fingerprint density at radius 3 is 2.39 bits per heavy atom. The van der Waals surface area contributed by atoms with E-state index in [0.717, 1.165) is 34.9 Å². The highest BCUT2D eigenvalue weighted by molar-refractivity contribution is 7.80. The van der Waals surface area contributed by atoms with Crippen LogP contribution in [0.3, 0.4) is 0 Å². The molecule has 2 aromatic carbocycles. The fraction of sp³-hybridized carbons (Fsp3) is 0.207. The van der Waals surface area contributed by atoms with Gasteiger partial charge >= 0.3 is 0 Å². The van der Waals surface area contributed by atoms with Gasteiger partial charge in [0.05, 0.1) is 17.8 Å². The number of thiocarbonyl (C=S) groups is 1. The van der Waals surface area contributed by atoms with Crippen LogP contribution in [0.1, 0.15) is 40.3 Å². The zero-order valence-electron chi connectivity index (χ0n) is 20.4. The third kappa shape index (κ3) is 4.88. The normalized spacial score (nSPS) is 17.2. The molecule has 0 radical (unpaired) electrons. The van der Waals surface area contributed by atoms with Crippen LogP contribution >= 0.6 is 12.2 Å². The van der Waals surface area contributed by atoms with Crippen LogP contribution in [0.15, 0.2) is 91.1 Å². The molecule has 36 heavy (non-hydrogen) atoms. The standard InChI is InChI=1S/C29H29N5OS/c1-20-17-24(21(2)33(20)18-22-11-5-3-6-12-22)28-27(25-15-9-10-16-30-25)32-29(36)34(28)19-26(35)31-23-13-7-4-8-14-23/h3-17,27-28H,18-19H2,1-2H3,(H,31,35)(H,32,36)/t27-,28-/m0/s1. The Bertz CT molecular complexity index is 1350. The van der Waals surface area contributed by atoms with Crippen molar-refractivity contribution in [3.05, 3.63) is 119 Å². The zero-order chi connectivity index (χ0) is 25.1. The van der Waals surface area contributed by atoms with Crippen molar-refractivity contribution in [2.75, 3.05) is 11.9 Å². The van der Waals surface area contributed by atoms with Crippen LogP contribution in [-0.4, -0.2) is 32.0 Å². The van der Waals surface area contributed by atoms with E-state index < -0.39 is 0 Å². The molecule has 0 saturated carbocycles. The number of para-hydroxylation sites is 1. The van der Waals surface area contributed by atoms with Gasteiger partial charge in [0.15, 0.2) is 5.11 Å². The number of anilines is 1. The van der Waals surface area contributed by atoms with Gasteiger partial charge < -0.3 is 20.1 Å². The third-order valence-electron chi connectivity index (χ3n) is 6.68. The van der Waals surface area contributed by atoms with Gasteiger partial charge in [0.25, 0.3) is 0 Å². The van der Waals surface area contributed by atoms with Gasteiger partial charge in [0.1, 0.15) is 6.54 Å². The first kappa shape index (κ1) is 23.8. The molecular weight excluding hydrogens is 466 g/mol. The fourth-order valence-electron chi connectivity index (χ4n) is 4.93. The van der Waals surface area contributed by atoms with Gasteiger partial charge in [-0.2, -0.15) is 0 Å². The quantitative estimate of drug-likeness (QED) is 0.347. The summed E-state index contributed by atoms with van der Waals surface area (Å²) in [4.78, 5) is 19.7. The molecule has 1 aliphatic heterocycles. The van der Waals surface area contributed by atoms with Crippen LogP contribution in [-0.2, 0) is 11.3 Å². The summed E-state index contributed by atoms with van der Waals surface area (Å²) in [5.74, 6) is -0.116. The highest BCUT2D eigenvalue weighted by Gasteiger charge is 2.42. The summed E-state index contributed by atoms with van der Waals surface area (Å²) in [6, 6.07) is 27.7. The Labute approximate surface area is 217 Å². The van der Waals surface area contributed by atoms with Gasteiger partial charge in [0, 0.05) is 29.8 Å². The highest BCUT2D eigenvalue weighted by atomic mass is 32.1. The lowest BCUT2D eigenvalue weighted by atomic mass is 9.96. The van der Waals surface area contributed by atoms with Crippen molar-refractivity contribution in [1.29, 1.82) is 0 Å². The van der Waals surface area contributed by atoms with Gasteiger partial charge in [-0.1, -0.05) is 54.6 Å². The highest BCUT2D eigenvalue weighted by Crippen LogP contribution is 2.40. The molecule has 0 aliphatic carbocycles. The largest absolute Gasteiger partial charge is 0.352 e. The maximum atomic E-state index is 13.1. The minimum Gasteiger partial charge on any atom is -0.352 e. The Morgan fingerprint density at radius 1 is 1.00 bits per heavy atom. The Kier molecular flexibility index (Phi) is 6.82. The summed E-state index contributed by atoms with van der Waals surface area (Å²) in [5.41, 5.74) is 6.35. The number of nitrogens with one attached hydrogen (secondary N) is 2. The molecule has 0 spiro atoms. The van der Waals surface area contributed by atoms with Crippen molar-refractivity contribution in [3.8, 4) is 0 Å². The van der Waals surface area contributed by atoms with Gasteiger partial charge in [-0.3, -0.25) is 9.78 Å². The van der Waals surface area contributed by atoms with E-state index in [4.69, 9.17) is 12.2 Å². The lowest BCUT2D eigenvalue weighted by molar-refractivity contribution is -0.116. The van der Waals surface area contributed by atoms with Gasteiger partial charge in [-0.05, 0) is 67.5 Å². The van der Waals surface area contributed by atoms with Crippen molar-refractivity contribution in [2.45, 2.75) is 32.5 Å². The summed E-state index contributed by atoms with van der Waals surface area (Å²) < 4.78 is 2.32. The molecule has 6 nitrogen and oxygen atoms in total. The first-order chi connectivity index (χ1) is 17.5. The van der Waals surface area contributed by atoms with E-state index in [-0.39, 0.29) is 24.5 Å². The monoisotopic (exact) mass is 495 g/mol. The van der Waals surface area contributed by atoms with Gasteiger partial charge in [0.2, 0.25) is 5.91 Å². The number of hydrogen-bond donors (Lipinski definition) is 2. The molecular formula is C29H29N5OS. The van der Waals surface area contributed by atoms with E-state index in [1.807, 2.05) is 59.5 Å². The number of aromatic nitrogens is 2. The van der Waals surface area contributed by atoms with Crippen LogP contribution in [0.5, 0.6) is 0 Å². The third-order valence-corrected chi connectivity index (χ3v) is 7.04. The number of nitrogens with zero attached hydrogens (tertiary/aromatic N) is 3. The van der Waals surface area contributed by atoms with Crippen molar-refractivity contribution in [1.82, 2.24) is 19.8 Å². The van der Waals surface area contributed by atoms with Crippen molar-refractivity contribution in [3.63, 3.8) is 0 Å². The summed E-state index contributed by atoms with van der Waals surface area (Å²) in [6.07, 6.45) is 1.79. The molecule has 7 heteroatoms. The molecule has 5 rings (SSSR count). The summed E-state index contributed by atoms with van der Waals surface area (Å²) in [7, 11) is 0. The molecule has 2 N–H and O–H groups in total. The van der Waals surface area contributed by atoms with E-state index in [1.54, 1.807) is 6.20 Å². The number of carbonyl (C=O) groups excluding carboxylic acids is 1. The van der Waals surface area contributed by atoms with Crippen LogP contribution < -0.4 is 10.6 Å². The number of carbonyl (C=O) groups is 1. The van der Waals surface area contributed by atoms with E-state index in [0.29, 0.717) is 5.11 Å². The van der Waals surface area contributed by atoms with E-state index >= 15 is 0 Å². The molecule has 2 aromatic heterocycles. The lowest BCUT2D eigenvalue weighted by Crippen LogP contribution is -2.37. The maximum absolute atomic E-state index is 13.1. The zero-order valence-corrected chi connectivity index (χ0v) is 21.2. The Balaban J connectivity index is 1.49. The number of aryl methyl sites for hydroxylation is 1. The lowest BCUT2D eigenvalue weighted by Gasteiger charge is -2.27. The topological polar surface area (TPSA) is 62.2 Å². The van der Waals surface area contributed by atoms with Crippen molar-refractivity contribution in [2.24, 2.45) is 0 Å². The molecule has 2 atom stereocenters. The number of rotatable bonds is 7. The first-order valence-corrected chi connectivity index (χ1v) is 12.5. The first-order valence-electron chi connectivity index (χ1n) is 12.0. The second-order valence-corrected chi connectivity index (χ2v) is 9.45. The van der Waals surface area contributed by atoms with Crippen LogP contribution in [0.25, 0.3) is 0 Å². The van der Waals surface area contributed by atoms with E-state index in [1.165, 1.54) is 5.56 Å². The minimum atomic E-state index is -0.176. The van der Waals surface area contributed by atoms with Crippen LogP contribution in [0, 0.1) is 13.8 Å². The Hall–Kier alpha value is -3.97. The molecule has 1 aliphatic rings. The molecule has 0 bridgehead atoms. The van der Waals surface area contributed by atoms with Crippen molar-refractivity contribution < 1.29 is 4.79 Å². The minimum absolute atomic E-state index is 0.116. The number of hydrogen-bond acceptors (Lipinski definition) is 3. The summed E-state index contributed by atoms with van der Waals surface area (Å²) in [6.45, 7) is 5.19. The Morgan fingerprint density at radius 2 is 1.69 bits per heavy atom. The number of pyridine rings is 1. The van der Waals surface area contributed by atoms with Crippen LogP contribution in [0.2, 0.25) is 0 Å². The maximum Gasteiger partial charge on any atom is 0.244 e. The van der Waals surface area contributed by atoms with Crippen LogP contribution in [0.4, 0.5) is 5.69 Å². The summed E-state index contributed by atoms with van der Waals surface area (Å²) in [5, 5.41) is 6.99. The second kappa shape index (κ2) is 10.3. The molecule has 1 saturated heterocycles. The molecule has 182 valence electrons. The molecule has 1 amide bonds. The number of amides is 1. The number of benzene rings is 2. The SMILES string of the molecule is Cc1cc([C@H]2[C@H](c3ccccn3)NC(=S)N2CC(=O)Nc2ccccc2)c(C)n1Cc1ccccc1.